The van der Waals surface area contributed by atoms with Crippen LogP contribution in [-0.4, -0.2) is 22.2 Å². The van der Waals surface area contributed by atoms with Crippen LogP contribution in [0.5, 0.6) is 5.75 Å². The largest absolute Gasteiger partial charge is 0.508 e. The first-order valence-electron chi connectivity index (χ1n) is 6.39. The fraction of sp³-hybridized carbons (Fsp3) is 0.188. The average Bonchev–Trinajstić information content (AvgIpc) is 2.42. The third-order valence-electron chi connectivity index (χ3n) is 3.18. The summed E-state index contributed by atoms with van der Waals surface area (Å²) >= 11 is 0. The summed E-state index contributed by atoms with van der Waals surface area (Å²) in [6.45, 7) is 0. The SMILES string of the molecule is NC(Cc1ccc(O)cc1Cc1ccccc1)C(=O)O. The summed E-state index contributed by atoms with van der Waals surface area (Å²) in [6, 6.07) is 13.8. The lowest BCUT2D eigenvalue weighted by atomic mass is 9.95. The molecule has 2 rings (SSSR count). The van der Waals surface area contributed by atoms with Crippen molar-refractivity contribution in [2.75, 3.05) is 0 Å². The van der Waals surface area contributed by atoms with E-state index in [1.807, 2.05) is 30.3 Å². The van der Waals surface area contributed by atoms with Crippen molar-refractivity contribution >= 4 is 5.97 Å². The lowest BCUT2D eigenvalue weighted by Gasteiger charge is -2.12. The Hall–Kier alpha value is -2.33. The molecule has 0 aliphatic heterocycles. The van der Waals surface area contributed by atoms with Crippen molar-refractivity contribution in [3.8, 4) is 5.75 Å². The molecule has 0 aromatic heterocycles. The summed E-state index contributed by atoms with van der Waals surface area (Å²) in [4.78, 5) is 10.9. The maximum absolute atomic E-state index is 10.9. The van der Waals surface area contributed by atoms with Crippen LogP contribution in [0.1, 0.15) is 16.7 Å². The normalized spacial score (nSPS) is 12.1. The van der Waals surface area contributed by atoms with Gasteiger partial charge in [0, 0.05) is 0 Å². The van der Waals surface area contributed by atoms with E-state index < -0.39 is 12.0 Å². The molecule has 104 valence electrons. The van der Waals surface area contributed by atoms with Crippen LogP contribution in [0.2, 0.25) is 0 Å². The van der Waals surface area contributed by atoms with E-state index in [4.69, 9.17) is 10.8 Å². The van der Waals surface area contributed by atoms with Gasteiger partial charge < -0.3 is 15.9 Å². The topological polar surface area (TPSA) is 83.5 Å². The van der Waals surface area contributed by atoms with Gasteiger partial charge in [0.1, 0.15) is 11.8 Å². The molecule has 1 unspecified atom stereocenters. The first-order valence-corrected chi connectivity index (χ1v) is 6.39. The third-order valence-corrected chi connectivity index (χ3v) is 3.18. The van der Waals surface area contributed by atoms with E-state index in [0.29, 0.717) is 6.42 Å². The van der Waals surface area contributed by atoms with Crippen molar-refractivity contribution in [3.05, 3.63) is 65.2 Å². The quantitative estimate of drug-likeness (QED) is 0.776. The van der Waals surface area contributed by atoms with Crippen molar-refractivity contribution in [2.24, 2.45) is 5.73 Å². The molecular formula is C16H17NO3. The smallest absolute Gasteiger partial charge is 0.320 e. The highest BCUT2D eigenvalue weighted by molar-refractivity contribution is 5.73. The Balaban J connectivity index is 2.26. The van der Waals surface area contributed by atoms with Gasteiger partial charge >= 0.3 is 5.97 Å². The number of phenolic OH excluding ortho intramolecular Hbond substituents is 1. The minimum atomic E-state index is -1.02. The molecule has 4 nitrogen and oxygen atoms in total. The Kier molecular flexibility index (Phi) is 4.38. The summed E-state index contributed by atoms with van der Waals surface area (Å²) in [5.41, 5.74) is 8.43. The predicted molar refractivity (Wildman–Crippen MR) is 76.7 cm³/mol. The molecule has 20 heavy (non-hydrogen) atoms. The molecular weight excluding hydrogens is 254 g/mol. The zero-order valence-corrected chi connectivity index (χ0v) is 11.0. The van der Waals surface area contributed by atoms with Gasteiger partial charge in [-0.1, -0.05) is 36.4 Å². The number of hydrogen-bond acceptors (Lipinski definition) is 3. The first kappa shape index (κ1) is 14.1. The molecule has 1 atom stereocenters. The van der Waals surface area contributed by atoms with E-state index in [1.165, 1.54) is 0 Å². The molecule has 0 amide bonds. The van der Waals surface area contributed by atoms with Gasteiger partial charge in [0.25, 0.3) is 0 Å². The van der Waals surface area contributed by atoms with Gasteiger partial charge in [0.15, 0.2) is 0 Å². The van der Waals surface area contributed by atoms with Crippen LogP contribution >= 0.6 is 0 Å². The monoisotopic (exact) mass is 271 g/mol. The van der Waals surface area contributed by atoms with Crippen LogP contribution < -0.4 is 5.73 Å². The van der Waals surface area contributed by atoms with E-state index in [9.17, 15) is 9.90 Å². The number of hydrogen-bond donors (Lipinski definition) is 3. The summed E-state index contributed by atoms with van der Waals surface area (Å²) in [6.07, 6.45) is 0.884. The highest BCUT2D eigenvalue weighted by Crippen LogP contribution is 2.21. The maximum Gasteiger partial charge on any atom is 0.320 e. The number of carbonyl (C=O) groups is 1. The van der Waals surface area contributed by atoms with Crippen molar-refractivity contribution in [1.29, 1.82) is 0 Å². The van der Waals surface area contributed by atoms with E-state index in [2.05, 4.69) is 0 Å². The molecule has 0 spiro atoms. The van der Waals surface area contributed by atoms with Crippen LogP contribution in [-0.2, 0) is 17.6 Å². The van der Waals surface area contributed by atoms with Crippen molar-refractivity contribution < 1.29 is 15.0 Å². The van der Waals surface area contributed by atoms with Gasteiger partial charge in [0.2, 0.25) is 0 Å². The van der Waals surface area contributed by atoms with Gasteiger partial charge in [-0.05, 0) is 41.7 Å². The molecule has 4 heteroatoms. The number of carboxylic acids is 1. The Morgan fingerprint density at radius 1 is 1.10 bits per heavy atom. The number of carboxylic acid groups (broad SMARTS) is 1. The molecule has 2 aromatic carbocycles. The maximum atomic E-state index is 10.9. The molecule has 4 N–H and O–H groups in total. The molecule has 0 radical (unpaired) electrons. The molecule has 0 aliphatic carbocycles. The predicted octanol–water partition coefficient (Wildman–Crippen LogP) is 1.94. The standard InChI is InChI=1S/C16H17NO3/c17-15(16(19)20)10-12-6-7-14(18)9-13(12)8-11-4-2-1-3-5-11/h1-7,9,15,18H,8,10,17H2,(H,19,20). The summed E-state index contributed by atoms with van der Waals surface area (Å²) in [7, 11) is 0. The second-order valence-electron chi connectivity index (χ2n) is 4.76. The molecule has 0 fully saturated rings. The number of aliphatic carboxylic acids is 1. The Morgan fingerprint density at radius 3 is 2.45 bits per heavy atom. The fourth-order valence-electron chi connectivity index (χ4n) is 2.12. The molecule has 0 aliphatic rings. The zero-order valence-electron chi connectivity index (χ0n) is 11.0. The van der Waals surface area contributed by atoms with Crippen molar-refractivity contribution in [2.45, 2.75) is 18.9 Å². The minimum Gasteiger partial charge on any atom is -0.508 e. The number of aromatic hydroxyl groups is 1. The average molecular weight is 271 g/mol. The second kappa shape index (κ2) is 6.21. The summed E-state index contributed by atoms with van der Waals surface area (Å²) in [5, 5.41) is 18.5. The van der Waals surface area contributed by atoms with Crippen molar-refractivity contribution in [3.63, 3.8) is 0 Å². The van der Waals surface area contributed by atoms with Crippen LogP contribution in [0, 0.1) is 0 Å². The van der Waals surface area contributed by atoms with Gasteiger partial charge in [-0.25, -0.2) is 0 Å². The van der Waals surface area contributed by atoms with Gasteiger partial charge in [-0.3, -0.25) is 4.79 Å². The van der Waals surface area contributed by atoms with E-state index in [0.717, 1.165) is 16.7 Å². The van der Waals surface area contributed by atoms with E-state index in [-0.39, 0.29) is 12.2 Å². The van der Waals surface area contributed by atoms with Crippen LogP contribution in [0.25, 0.3) is 0 Å². The second-order valence-corrected chi connectivity index (χ2v) is 4.76. The highest BCUT2D eigenvalue weighted by Gasteiger charge is 2.15. The molecule has 0 heterocycles. The summed E-state index contributed by atoms with van der Waals surface area (Å²) < 4.78 is 0. The Labute approximate surface area is 117 Å². The highest BCUT2D eigenvalue weighted by atomic mass is 16.4. The Morgan fingerprint density at radius 2 is 1.80 bits per heavy atom. The van der Waals surface area contributed by atoms with Gasteiger partial charge in [0.05, 0.1) is 0 Å². The zero-order chi connectivity index (χ0) is 14.5. The number of rotatable bonds is 5. The summed E-state index contributed by atoms with van der Waals surface area (Å²) in [5.74, 6) is -0.854. The fourth-order valence-corrected chi connectivity index (χ4v) is 2.12. The molecule has 0 saturated heterocycles. The first-order chi connectivity index (χ1) is 9.56. The van der Waals surface area contributed by atoms with Gasteiger partial charge in [-0.2, -0.15) is 0 Å². The van der Waals surface area contributed by atoms with Gasteiger partial charge in [-0.15, -0.1) is 0 Å². The number of nitrogens with two attached hydrogens (primary N) is 1. The lowest BCUT2D eigenvalue weighted by Crippen LogP contribution is -2.32. The third kappa shape index (κ3) is 3.59. The Bertz CT molecular complexity index is 596. The molecule has 0 bridgehead atoms. The molecule has 0 saturated carbocycles. The van der Waals surface area contributed by atoms with E-state index >= 15 is 0 Å². The number of benzene rings is 2. The lowest BCUT2D eigenvalue weighted by molar-refractivity contribution is -0.138. The number of phenols is 1. The molecule has 2 aromatic rings. The van der Waals surface area contributed by atoms with Crippen LogP contribution in [0.3, 0.4) is 0 Å². The van der Waals surface area contributed by atoms with E-state index in [1.54, 1.807) is 18.2 Å². The van der Waals surface area contributed by atoms with Crippen molar-refractivity contribution in [1.82, 2.24) is 0 Å². The minimum absolute atomic E-state index is 0.170. The van der Waals surface area contributed by atoms with Crippen LogP contribution in [0.4, 0.5) is 0 Å². The van der Waals surface area contributed by atoms with Crippen LogP contribution in [0.15, 0.2) is 48.5 Å².